The molecule has 20 heavy (non-hydrogen) atoms. The molecular formula is C12H16N2O6. The van der Waals surface area contributed by atoms with E-state index in [1.54, 1.807) is 0 Å². The molecule has 110 valence electrons. The average Bonchev–Trinajstić information content (AvgIpc) is 2.37. The number of hydrogen-bond acceptors (Lipinski definition) is 6. The van der Waals surface area contributed by atoms with E-state index in [1.807, 2.05) is 0 Å². The molecule has 0 aliphatic rings. The maximum absolute atomic E-state index is 11.1. The van der Waals surface area contributed by atoms with E-state index >= 15 is 0 Å². The van der Waals surface area contributed by atoms with Gasteiger partial charge in [-0.2, -0.15) is 0 Å². The number of nitrogens with zero attached hydrogens (tertiary/aromatic N) is 1. The summed E-state index contributed by atoms with van der Waals surface area (Å²) in [6.45, 7) is 1.44. The molecule has 0 heterocycles. The topological polar surface area (TPSA) is 147 Å². The van der Waals surface area contributed by atoms with Crippen LogP contribution in [0.4, 0.5) is 5.69 Å². The molecule has 0 saturated carbocycles. The maximum atomic E-state index is 11.1. The standard InChI is InChI=1S/C12H16N2O6/c1-6-8(12(17)18)4-7(5-9(6)14(19)20)11(16)10(15)2-3-13/h4-5,10-11,15-16H,2-3,13H2,1H3,(H,17,18). The van der Waals surface area contributed by atoms with E-state index in [0.29, 0.717) is 0 Å². The molecule has 0 radical (unpaired) electrons. The van der Waals surface area contributed by atoms with Gasteiger partial charge in [-0.3, -0.25) is 10.1 Å². The molecule has 0 aliphatic carbocycles. The molecule has 8 nitrogen and oxygen atoms in total. The predicted molar refractivity (Wildman–Crippen MR) is 69.4 cm³/mol. The summed E-state index contributed by atoms with van der Waals surface area (Å²) in [5.74, 6) is -1.34. The van der Waals surface area contributed by atoms with Crippen LogP contribution in [0.2, 0.25) is 0 Å². The van der Waals surface area contributed by atoms with Gasteiger partial charge in [-0.05, 0) is 31.5 Å². The molecule has 0 aromatic heterocycles. The van der Waals surface area contributed by atoms with E-state index in [4.69, 9.17) is 10.8 Å². The van der Waals surface area contributed by atoms with E-state index in [0.717, 1.165) is 12.1 Å². The smallest absolute Gasteiger partial charge is 0.336 e. The first-order valence-corrected chi connectivity index (χ1v) is 5.88. The number of hydrogen-bond donors (Lipinski definition) is 4. The summed E-state index contributed by atoms with van der Waals surface area (Å²) >= 11 is 0. The van der Waals surface area contributed by atoms with Gasteiger partial charge in [0, 0.05) is 11.6 Å². The average molecular weight is 284 g/mol. The first kappa shape index (κ1) is 16.0. The molecule has 0 aliphatic heterocycles. The van der Waals surface area contributed by atoms with Crippen LogP contribution in [-0.4, -0.2) is 38.9 Å². The van der Waals surface area contributed by atoms with Crippen LogP contribution in [0.15, 0.2) is 12.1 Å². The Kier molecular flexibility index (Phi) is 5.14. The molecule has 0 spiro atoms. The highest BCUT2D eigenvalue weighted by molar-refractivity contribution is 5.91. The van der Waals surface area contributed by atoms with Crippen LogP contribution in [0.1, 0.15) is 34.0 Å². The van der Waals surface area contributed by atoms with Crippen molar-refractivity contribution >= 4 is 11.7 Å². The van der Waals surface area contributed by atoms with Gasteiger partial charge in [-0.25, -0.2) is 4.79 Å². The maximum Gasteiger partial charge on any atom is 0.336 e. The third-order valence-corrected chi connectivity index (χ3v) is 3.00. The first-order valence-electron chi connectivity index (χ1n) is 5.88. The Bertz CT molecular complexity index is 496. The minimum absolute atomic E-state index is 0.00763. The molecule has 2 unspecified atom stereocenters. The van der Waals surface area contributed by atoms with Crippen molar-refractivity contribution in [2.24, 2.45) is 5.73 Å². The first-order chi connectivity index (χ1) is 9.29. The second-order valence-corrected chi connectivity index (χ2v) is 4.36. The third kappa shape index (κ3) is 3.29. The molecule has 1 aromatic rings. The van der Waals surface area contributed by atoms with Crippen molar-refractivity contribution in [2.45, 2.75) is 25.6 Å². The number of benzene rings is 1. The van der Waals surface area contributed by atoms with E-state index in [2.05, 4.69) is 0 Å². The number of carboxylic acids is 1. The fourth-order valence-electron chi connectivity index (χ4n) is 1.85. The molecule has 1 rings (SSSR count). The minimum Gasteiger partial charge on any atom is -0.478 e. The van der Waals surface area contributed by atoms with E-state index in [9.17, 15) is 25.1 Å². The zero-order valence-electron chi connectivity index (χ0n) is 10.8. The van der Waals surface area contributed by atoms with Crippen LogP contribution in [0.3, 0.4) is 0 Å². The van der Waals surface area contributed by atoms with Crippen molar-refractivity contribution in [3.63, 3.8) is 0 Å². The van der Waals surface area contributed by atoms with Gasteiger partial charge in [-0.1, -0.05) is 0 Å². The zero-order valence-corrected chi connectivity index (χ0v) is 10.8. The van der Waals surface area contributed by atoms with Gasteiger partial charge in [0.25, 0.3) is 5.69 Å². The van der Waals surface area contributed by atoms with Gasteiger partial charge < -0.3 is 21.1 Å². The number of aromatic carboxylic acids is 1. The lowest BCUT2D eigenvalue weighted by molar-refractivity contribution is -0.385. The predicted octanol–water partition coefficient (Wildman–Crippen LogP) is 0.345. The lowest BCUT2D eigenvalue weighted by atomic mass is 9.96. The summed E-state index contributed by atoms with van der Waals surface area (Å²) in [7, 11) is 0. The zero-order chi connectivity index (χ0) is 15.4. The van der Waals surface area contributed by atoms with Gasteiger partial charge in [0.1, 0.15) is 6.10 Å². The van der Waals surface area contributed by atoms with Gasteiger partial charge in [0.2, 0.25) is 0 Å². The number of carboxylic acid groups (broad SMARTS) is 1. The van der Waals surface area contributed by atoms with Gasteiger partial charge in [0.15, 0.2) is 0 Å². The summed E-state index contributed by atoms with van der Waals surface area (Å²) < 4.78 is 0. The Hall–Kier alpha value is -2.03. The number of nitro benzene ring substituents is 1. The van der Waals surface area contributed by atoms with Crippen molar-refractivity contribution in [3.05, 3.63) is 38.9 Å². The van der Waals surface area contributed by atoms with Crippen LogP contribution in [0.5, 0.6) is 0 Å². The quantitative estimate of drug-likeness (QED) is 0.435. The fourth-order valence-corrected chi connectivity index (χ4v) is 1.85. The molecule has 8 heteroatoms. The van der Waals surface area contributed by atoms with Crippen molar-refractivity contribution in [3.8, 4) is 0 Å². The second kappa shape index (κ2) is 6.42. The van der Waals surface area contributed by atoms with Gasteiger partial charge >= 0.3 is 5.97 Å². The molecule has 1 aromatic carbocycles. The lowest BCUT2D eigenvalue weighted by Gasteiger charge is -2.18. The monoisotopic (exact) mass is 284 g/mol. The molecule has 0 fully saturated rings. The number of rotatable bonds is 6. The van der Waals surface area contributed by atoms with Crippen LogP contribution in [0.25, 0.3) is 0 Å². The van der Waals surface area contributed by atoms with Gasteiger partial charge in [0.05, 0.1) is 16.6 Å². The Morgan fingerprint density at radius 1 is 1.45 bits per heavy atom. The lowest BCUT2D eigenvalue weighted by Crippen LogP contribution is -2.22. The highest BCUT2D eigenvalue weighted by Crippen LogP contribution is 2.29. The highest BCUT2D eigenvalue weighted by Gasteiger charge is 2.25. The largest absolute Gasteiger partial charge is 0.478 e. The van der Waals surface area contributed by atoms with E-state index < -0.39 is 28.8 Å². The number of carbonyl (C=O) groups is 1. The van der Waals surface area contributed by atoms with Crippen molar-refractivity contribution in [1.82, 2.24) is 0 Å². The number of aliphatic hydroxyl groups excluding tert-OH is 2. The molecule has 0 amide bonds. The summed E-state index contributed by atoms with van der Waals surface area (Å²) in [6.07, 6.45) is -2.56. The highest BCUT2D eigenvalue weighted by atomic mass is 16.6. The minimum atomic E-state index is -1.43. The Labute approximate surface area is 114 Å². The van der Waals surface area contributed by atoms with Crippen molar-refractivity contribution in [1.29, 1.82) is 0 Å². The Balaban J connectivity index is 3.34. The van der Waals surface area contributed by atoms with Crippen LogP contribution in [-0.2, 0) is 0 Å². The Morgan fingerprint density at radius 3 is 2.50 bits per heavy atom. The number of aliphatic hydroxyl groups is 2. The number of nitrogens with two attached hydrogens (primary N) is 1. The summed E-state index contributed by atoms with van der Waals surface area (Å²) in [4.78, 5) is 21.3. The van der Waals surface area contributed by atoms with Crippen molar-refractivity contribution < 1.29 is 25.0 Å². The SMILES string of the molecule is Cc1c(C(=O)O)cc(C(O)C(O)CCN)cc1[N+](=O)[O-]. The van der Waals surface area contributed by atoms with Crippen LogP contribution >= 0.6 is 0 Å². The van der Waals surface area contributed by atoms with Crippen LogP contribution in [0, 0.1) is 17.0 Å². The third-order valence-electron chi connectivity index (χ3n) is 3.00. The normalized spacial score (nSPS) is 13.8. The Morgan fingerprint density at radius 2 is 2.05 bits per heavy atom. The second-order valence-electron chi connectivity index (χ2n) is 4.36. The summed E-state index contributed by atoms with van der Waals surface area (Å²) in [5.41, 5.74) is 4.52. The summed E-state index contributed by atoms with van der Waals surface area (Å²) in [5, 5.41) is 39.5. The molecular weight excluding hydrogens is 268 g/mol. The number of nitro groups is 1. The van der Waals surface area contributed by atoms with E-state index in [-0.39, 0.29) is 29.7 Å². The van der Waals surface area contributed by atoms with E-state index in [1.165, 1.54) is 6.92 Å². The van der Waals surface area contributed by atoms with Gasteiger partial charge in [-0.15, -0.1) is 0 Å². The van der Waals surface area contributed by atoms with Crippen molar-refractivity contribution in [2.75, 3.05) is 6.54 Å². The molecule has 0 saturated heterocycles. The molecule has 5 N–H and O–H groups in total. The summed E-state index contributed by atoms with van der Waals surface area (Å²) in [6, 6.07) is 2.18. The molecule has 2 atom stereocenters. The van der Waals surface area contributed by atoms with Crippen LogP contribution < -0.4 is 5.73 Å². The fraction of sp³-hybridized carbons (Fsp3) is 0.417. The molecule has 0 bridgehead atoms.